The quantitative estimate of drug-likeness (QED) is 0.455. The standard InChI is InChI=1S/C25H24F4N4O2/c1-15-11-18(22(19(26)12-15)23-30-8-4-9-31-23)24(34)33-10-3-5-16(2)20(33)14-35-21-7-6-17(13-32-21)25(27,28)29/h4,6-9,11-13,16,20H,3,5,10,14H2,1-2H3/t16-,20-/m1/s1. The Balaban J connectivity index is 1.60. The number of hydrogen-bond acceptors (Lipinski definition) is 5. The fourth-order valence-electron chi connectivity index (χ4n) is 4.28. The second-order valence-electron chi connectivity index (χ2n) is 8.62. The normalized spacial score (nSPS) is 18.4. The van der Waals surface area contributed by atoms with Gasteiger partial charge < -0.3 is 9.64 Å². The number of alkyl halides is 3. The molecule has 0 aliphatic carbocycles. The second-order valence-corrected chi connectivity index (χ2v) is 8.62. The maximum absolute atomic E-state index is 15.0. The molecule has 0 spiro atoms. The van der Waals surface area contributed by atoms with Crippen molar-refractivity contribution in [1.82, 2.24) is 19.9 Å². The van der Waals surface area contributed by atoms with E-state index in [0.717, 1.165) is 25.0 Å². The predicted octanol–water partition coefficient (Wildman–Crippen LogP) is 5.32. The molecule has 0 unspecified atom stereocenters. The Kier molecular flexibility index (Phi) is 7.00. The number of ether oxygens (including phenoxy) is 1. The fraction of sp³-hybridized carbons (Fsp3) is 0.360. The Morgan fingerprint density at radius 2 is 1.91 bits per heavy atom. The first-order valence-electron chi connectivity index (χ1n) is 11.2. The molecule has 1 aliphatic rings. The van der Waals surface area contributed by atoms with E-state index in [1.54, 1.807) is 24.0 Å². The van der Waals surface area contributed by atoms with Gasteiger partial charge in [0.1, 0.15) is 12.4 Å². The van der Waals surface area contributed by atoms with Crippen LogP contribution in [-0.2, 0) is 6.18 Å². The highest BCUT2D eigenvalue weighted by molar-refractivity contribution is 6.00. The van der Waals surface area contributed by atoms with Crippen molar-refractivity contribution < 1.29 is 27.1 Å². The summed E-state index contributed by atoms with van der Waals surface area (Å²) < 4.78 is 59.1. The smallest absolute Gasteiger partial charge is 0.417 e. The van der Waals surface area contributed by atoms with Crippen LogP contribution in [-0.4, -0.2) is 45.0 Å². The Morgan fingerprint density at radius 1 is 1.17 bits per heavy atom. The monoisotopic (exact) mass is 488 g/mol. The number of aryl methyl sites for hydroxylation is 1. The highest BCUT2D eigenvalue weighted by Crippen LogP contribution is 2.32. The van der Waals surface area contributed by atoms with E-state index < -0.39 is 17.6 Å². The Bertz CT molecular complexity index is 1190. The van der Waals surface area contributed by atoms with Crippen molar-refractivity contribution in [2.45, 2.75) is 38.9 Å². The molecule has 1 aromatic carbocycles. The van der Waals surface area contributed by atoms with Crippen molar-refractivity contribution in [2.75, 3.05) is 13.2 Å². The summed E-state index contributed by atoms with van der Waals surface area (Å²) in [4.78, 5) is 27.4. The first-order valence-corrected chi connectivity index (χ1v) is 11.2. The van der Waals surface area contributed by atoms with Crippen molar-refractivity contribution in [3.05, 3.63) is 71.4 Å². The summed E-state index contributed by atoms with van der Waals surface area (Å²) >= 11 is 0. The molecule has 6 nitrogen and oxygen atoms in total. The van der Waals surface area contributed by atoms with Gasteiger partial charge in [0.2, 0.25) is 5.88 Å². The van der Waals surface area contributed by atoms with Gasteiger partial charge in [0, 0.05) is 31.2 Å². The number of pyridine rings is 1. The summed E-state index contributed by atoms with van der Waals surface area (Å²) in [6, 6.07) is 6.23. The largest absolute Gasteiger partial charge is 0.475 e. The van der Waals surface area contributed by atoms with Gasteiger partial charge >= 0.3 is 6.18 Å². The molecule has 2 atom stereocenters. The lowest BCUT2D eigenvalue weighted by Crippen LogP contribution is -2.50. The van der Waals surface area contributed by atoms with E-state index in [0.29, 0.717) is 18.3 Å². The van der Waals surface area contributed by atoms with Gasteiger partial charge in [-0.1, -0.05) is 6.92 Å². The van der Waals surface area contributed by atoms with Gasteiger partial charge in [-0.05, 0) is 55.5 Å². The molecule has 1 amide bonds. The van der Waals surface area contributed by atoms with E-state index in [4.69, 9.17) is 4.74 Å². The van der Waals surface area contributed by atoms with E-state index >= 15 is 4.39 Å². The number of benzene rings is 1. The molecule has 0 radical (unpaired) electrons. The topological polar surface area (TPSA) is 68.2 Å². The number of hydrogen-bond donors (Lipinski definition) is 0. The number of likely N-dealkylation sites (tertiary alicyclic amines) is 1. The minimum atomic E-state index is -4.49. The molecule has 184 valence electrons. The number of rotatable bonds is 5. The molecule has 1 fully saturated rings. The molecule has 2 aromatic heterocycles. The summed E-state index contributed by atoms with van der Waals surface area (Å²) in [5.41, 5.74) is -0.105. The van der Waals surface area contributed by atoms with E-state index in [-0.39, 0.29) is 47.3 Å². The molecule has 0 saturated carbocycles. The van der Waals surface area contributed by atoms with Crippen molar-refractivity contribution >= 4 is 5.91 Å². The number of piperidine rings is 1. The SMILES string of the molecule is Cc1cc(F)c(-c2ncccn2)c(C(=O)N2CCC[C@@H](C)[C@H]2COc2ccc(C(F)(F)F)cn2)c1. The van der Waals surface area contributed by atoms with Crippen LogP contribution in [0.1, 0.15) is 41.3 Å². The van der Waals surface area contributed by atoms with Gasteiger partial charge in [-0.25, -0.2) is 19.3 Å². The van der Waals surface area contributed by atoms with Crippen molar-refractivity contribution in [2.24, 2.45) is 5.92 Å². The number of aromatic nitrogens is 3. The molecule has 3 heterocycles. The average Bonchev–Trinajstić information content (AvgIpc) is 2.82. The highest BCUT2D eigenvalue weighted by atomic mass is 19.4. The van der Waals surface area contributed by atoms with Crippen LogP contribution in [0.5, 0.6) is 5.88 Å². The third kappa shape index (κ3) is 5.41. The summed E-state index contributed by atoms with van der Waals surface area (Å²) in [6.07, 6.45) is 0.779. The summed E-state index contributed by atoms with van der Waals surface area (Å²) in [7, 11) is 0. The zero-order valence-corrected chi connectivity index (χ0v) is 19.2. The maximum Gasteiger partial charge on any atom is 0.417 e. The Hall–Kier alpha value is -3.56. The molecule has 35 heavy (non-hydrogen) atoms. The number of halogens is 4. The van der Waals surface area contributed by atoms with Crippen LogP contribution in [0.25, 0.3) is 11.4 Å². The number of nitrogens with zero attached hydrogens (tertiary/aromatic N) is 4. The lowest BCUT2D eigenvalue weighted by atomic mass is 9.90. The summed E-state index contributed by atoms with van der Waals surface area (Å²) in [6.45, 7) is 4.15. The van der Waals surface area contributed by atoms with Gasteiger partial charge in [0.25, 0.3) is 5.91 Å². The second kappa shape index (κ2) is 9.97. The van der Waals surface area contributed by atoms with Gasteiger partial charge in [-0.15, -0.1) is 0 Å². The molecule has 1 aliphatic heterocycles. The zero-order valence-electron chi connectivity index (χ0n) is 19.2. The van der Waals surface area contributed by atoms with E-state index in [1.165, 1.54) is 18.5 Å². The lowest BCUT2D eigenvalue weighted by molar-refractivity contribution is -0.137. The molecular weight excluding hydrogens is 464 g/mol. The number of carbonyl (C=O) groups is 1. The molecule has 0 N–H and O–H groups in total. The number of amides is 1. The minimum Gasteiger partial charge on any atom is -0.475 e. The molecule has 1 saturated heterocycles. The molecule has 4 rings (SSSR count). The van der Waals surface area contributed by atoms with Crippen LogP contribution in [0.4, 0.5) is 17.6 Å². The molecular formula is C25H24F4N4O2. The van der Waals surface area contributed by atoms with Crippen molar-refractivity contribution in [3.63, 3.8) is 0 Å². The Labute approximate surface area is 200 Å². The van der Waals surface area contributed by atoms with E-state index in [9.17, 15) is 18.0 Å². The van der Waals surface area contributed by atoms with Gasteiger partial charge in [-0.2, -0.15) is 13.2 Å². The molecule has 3 aromatic rings. The van der Waals surface area contributed by atoms with Gasteiger partial charge in [-0.3, -0.25) is 4.79 Å². The van der Waals surface area contributed by atoms with Crippen LogP contribution in [0.3, 0.4) is 0 Å². The molecule has 10 heteroatoms. The third-order valence-corrected chi connectivity index (χ3v) is 6.10. The minimum absolute atomic E-state index is 0.0307. The first-order chi connectivity index (χ1) is 16.6. The zero-order chi connectivity index (χ0) is 25.2. The van der Waals surface area contributed by atoms with E-state index in [2.05, 4.69) is 15.0 Å². The fourth-order valence-corrected chi connectivity index (χ4v) is 4.28. The van der Waals surface area contributed by atoms with Crippen molar-refractivity contribution in [3.8, 4) is 17.3 Å². The van der Waals surface area contributed by atoms with Gasteiger partial charge in [0.05, 0.1) is 22.7 Å². The van der Waals surface area contributed by atoms with Crippen LogP contribution in [0.2, 0.25) is 0 Å². The molecule has 0 bridgehead atoms. The predicted molar refractivity (Wildman–Crippen MR) is 120 cm³/mol. The van der Waals surface area contributed by atoms with Crippen molar-refractivity contribution in [1.29, 1.82) is 0 Å². The van der Waals surface area contributed by atoms with E-state index in [1.807, 2.05) is 6.92 Å². The lowest BCUT2D eigenvalue weighted by Gasteiger charge is -2.40. The van der Waals surface area contributed by atoms with Crippen LogP contribution in [0, 0.1) is 18.7 Å². The van der Waals surface area contributed by atoms with Crippen LogP contribution in [0.15, 0.2) is 48.9 Å². The summed E-state index contributed by atoms with van der Waals surface area (Å²) in [5.74, 6) is -0.779. The Morgan fingerprint density at radius 3 is 2.57 bits per heavy atom. The van der Waals surface area contributed by atoms with Crippen LogP contribution >= 0.6 is 0 Å². The van der Waals surface area contributed by atoms with Crippen LogP contribution < -0.4 is 4.74 Å². The summed E-state index contributed by atoms with van der Waals surface area (Å²) in [5, 5.41) is 0. The first kappa shape index (κ1) is 24.6. The number of carbonyl (C=O) groups excluding carboxylic acids is 1. The highest BCUT2D eigenvalue weighted by Gasteiger charge is 2.35. The van der Waals surface area contributed by atoms with Gasteiger partial charge in [0.15, 0.2) is 5.82 Å². The average molecular weight is 488 g/mol. The third-order valence-electron chi connectivity index (χ3n) is 6.10. The maximum atomic E-state index is 15.0.